The molecule has 0 aromatic carbocycles. The van der Waals surface area contributed by atoms with E-state index in [1.54, 1.807) is 7.05 Å². The Morgan fingerprint density at radius 1 is 1.27 bits per heavy atom. The van der Waals surface area contributed by atoms with E-state index in [4.69, 9.17) is 0 Å². The van der Waals surface area contributed by atoms with Crippen LogP contribution in [0, 0.1) is 0 Å². The van der Waals surface area contributed by atoms with Gasteiger partial charge in [0.15, 0.2) is 5.17 Å². The zero-order valence-corrected chi connectivity index (χ0v) is 10.3. The van der Waals surface area contributed by atoms with Crippen molar-refractivity contribution >= 4 is 23.0 Å². The van der Waals surface area contributed by atoms with Crippen LogP contribution in [0.25, 0.3) is 0 Å². The third-order valence-electron chi connectivity index (χ3n) is 2.50. The molecule has 0 aliphatic carbocycles. The molecule has 0 aromatic heterocycles. The minimum Gasteiger partial charge on any atom is -0.324 e. The SMILES string of the molecule is CN=C(NC(=O)N1CCCCCC1)SC. The van der Waals surface area contributed by atoms with Crippen molar-refractivity contribution < 1.29 is 4.79 Å². The average molecular weight is 229 g/mol. The second-order valence-electron chi connectivity index (χ2n) is 3.56. The lowest BCUT2D eigenvalue weighted by Gasteiger charge is -2.20. The fourth-order valence-corrected chi connectivity index (χ4v) is 2.01. The van der Waals surface area contributed by atoms with Crippen LogP contribution >= 0.6 is 11.8 Å². The Morgan fingerprint density at radius 2 is 1.87 bits per heavy atom. The second kappa shape index (κ2) is 6.71. The van der Waals surface area contributed by atoms with Gasteiger partial charge in [-0.25, -0.2) is 4.79 Å². The summed E-state index contributed by atoms with van der Waals surface area (Å²) in [5, 5.41) is 3.50. The lowest BCUT2D eigenvalue weighted by molar-refractivity contribution is 0.205. The summed E-state index contributed by atoms with van der Waals surface area (Å²) in [7, 11) is 1.69. The highest BCUT2D eigenvalue weighted by Crippen LogP contribution is 2.09. The molecule has 0 saturated carbocycles. The second-order valence-corrected chi connectivity index (χ2v) is 4.36. The molecule has 1 heterocycles. The van der Waals surface area contributed by atoms with Crippen molar-refractivity contribution in [1.29, 1.82) is 0 Å². The smallest absolute Gasteiger partial charge is 0.323 e. The van der Waals surface area contributed by atoms with Crippen molar-refractivity contribution in [3.05, 3.63) is 0 Å². The number of carbonyl (C=O) groups is 1. The Bertz CT molecular complexity index is 235. The van der Waals surface area contributed by atoms with Gasteiger partial charge in [0.05, 0.1) is 0 Å². The number of likely N-dealkylation sites (tertiary alicyclic amines) is 1. The quantitative estimate of drug-likeness (QED) is 0.509. The topological polar surface area (TPSA) is 44.7 Å². The Balaban J connectivity index is 2.44. The van der Waals surface area contributed by atoms with Crippen LogP contribution in [0.2, 0.25) is 0 Å². The van der Waals surface area contributed by atoms with E-state index in [2.05, 4.69) is 10.3 Å². The van der Waals surface area contributed by atoms with E-state index in [0.29, 0.717) is 5.17 Å². The monoisotopic (exact) mass is 229 g/mol. The normalized spacial score (nSPS) is 18.5. The van der Waals surface area contributed by atoms with Gasteiger partial charge in [-0.15, -0.1) is 0 Å². The number of hydrogen-bond donors (Lipinski definition) is 1. The molecular weight excluding hydrogens is 210 g/mol. The molecular formula is C10H19N3OS. The number of amidine groups is 1. The Kier molecular flexibility index (Phi) is 5.53. The van der Waals surface area contributed by atoms with Crippen molar-refractivity contribution in [1.82, 2.24) is 10.2 Å². The summed E-state index contributed by atoms with van der Waals surface area (Å²) in [5.41, 5.74) is 0. The maximum atomic E-state index is 11.8. The minimum absolute atomic E-state index is 0.00755. The van der Waals surface area contributed by atoms with Gasteiger partial charge in [-0.05, 0) is 19.1 Å². The van der Waals surface area contributed by atoms with E-state index in [0.717, 1.165) is 25.9 Å². The maximum Gasteiger partial charge on any atom is 0.323 e. The molecule has 1 aliphatic rings. The van der Waals surface area contributed by atoms with Gasteiger partial charge in [-0.1, -0.05) is 24.6 Å². The maximum absolute atomic E-state index is 11.8. The van der Waals surface area contributed by atoms with Crippen molar-refractivity contribution in [3.8, 4) is 0 Å². The molecule has 86 valence electrons. The molecule has 0 unspecified atom stereocenters. The predicted octanol–water partition coefficient (Wildman–Crippen LogP) is 1.92. The van der Waals surface area contributed by atoms with Crippen LogP contribution in [0.15, 0.2) is 4.99 Å². The van der Waals surface area contributed by atoms with Crippen LogP contribution in [0.5, 0.6) is 0 Å². The highest BCUT2D eigenvalue weighted by atomic mass is 32.2. The number of aliphatic imine (C=N–C) groups is 1. The molecule has 1 rings (SSSR count). The standard InChI is InChI=1S/C10H19N3OS/c1-11-9(15-2)12-10(14)13-7-5-3-4-6-8-13/h3-8H2,1-2H3,(H,11,12,14). The van der Waals surface area contributed by atoms with Crippen LogP contribution in [-0.4, -0.2) is 42.5 Å². The summed E-state index contributed by atoms with van der Waals surface area (Å²) in [4.78, 5) is 17.7. The summed E-state index contributed by atoms with van der Waals surface area (Å²) < 4.78 is 0. The van der Waals surface area contributed by atoms with E-state index < -0.39 is 0 Å². The number of rotatable bonds is 0. The fourth-order valence-electron chi connectivity index (χ4n) is 1.64. The fraction of sp³-hybridized carbons (Fsp3) is 0.800. The molecule has 1 fully saturated rings. The molecule has 0 atom stereocenters. The van der Waals surface area contributed by atoms with Crippen molar-refractivity contribution in [3.63, 3.8) is 0 Å². The molecule has 15 heavy (non-hydrogen) atoms. The van der Waals surface area contributed by atoms with Crippen molar-refractivity contribution in [2.24, 2.45) is 4.99 Å². The van der Waals surface area contributed by atoms with Gasteiger partial charge in [0.2, 0.25) is 0 Å². The molecule has 0 bridgehead atoms. The first-order chi connectivity index (χ1) is 7.27. The summed E-state index contributed by atoms with van der Waals surface area (Å²) in [6, 6.07) is -0.00755. The van der Waals surface area contributed by atoms with Gasteiger partial charge in [0.1, 0.15) is 0 Å². The van der Waals surface area contributed by atoms with Gasteiger partial charge in [-0.2, -0.15) is 0 Å². The van der Waals surface area contributed by atoms with Crippen LogP contribution in [0.3, 0.4) is 0 Å². The summed E-state index contributed by atoms with van der Waals surface area (Å²) >= 11 is 1.46. The molecule has 0 radical (unpaired) electrons. The minimum atomic E-state index is -0.00755. The average Bonchev–Trinajstić information content (AvgIpc) is 2.54. The van der Waals surface area contributed by atoms with Crippen LogP contribution in [-0.2, 0) is 0 Å². The van der Waals surface area contributed by atoms with Gasteiger partial charge in [0.25, 0.3) is 0 Å². The van der Waals surface area contributed by atoms with E-state index in [1.807, 2.05) is 11.2 Å². The third kappa shape index (κ3) is 4.11. The summed E-state index contributed by atoms with van der Waals surface area (Å²) in [6.45, 7) is 1.74. The number of thioether (sulfide) groups is 1. The molecule has 1 N–H and O–H groups in total. The molecule has 2 amide bonds. The molecule has 5 heteroatoms. The van der Waals surface area contributed by atoms with Gasteiger partial charge in [0, 0.05) is 20.1 Å². The van der Waals surface area contributed by atoms with Gasteiger partial charge < -0.3 is 4.90 Å². The van der Waals surface area contributed by atoms with Crippen molar-refractivity contribution in [2.45, 2.75) is 25.7 Å². The Labute approximate surface area is 95.5 Å². The summed E-state index contributed by atoms with van der Waals surface area (Å²) in [5.74, 6) is 0. The zero-order chi connectivity index (χ0) is 11.1. The first-order valence-electron chi connectivity index (χ1n) is 5.34. The number of nitrogens with zero attached hydrogens (tertiary/aromatic N) is 2. The van der Waals surface area contributed by atoms with E-state index in [1.165, 1.54) is 24.6 Å². The third-order valence-corrected chi connectivity index (χ3v) is 3.17. The first-order valence-corrected chi connectivity index (χ1v) is 6.57. The first kappa shape index (κ1) is 12.4. The highest BCUT2D eigenvalue weighted by molar-refractivity contribution is 8.13. The molecule has 1 saturated heterocycles. The Hall–Kier alpha value is -0.710. The van der Waals surface area contributed by atoms with E-state index in [9.17, 15) is 4.79 Å². The van der Waals surface area contributed by atoms with Crippen LogP contribution < -0.4 is 5.32 Å². The lowest BCUT2D eigenvalue weighted by atomic mass is 10.2. The number of carbonyl (C=O) groups excluding carboxylic acids is 1. The van der Waals surface area contributed by atoms with E-state index in [-0.39, 0.29) is 6.03 Å². The Morgan fingerprint density at radius 3 is 2.33 bits per heavy atom. The number of amides is 2. The lowest BCUT2D eigenvalue weighted by Crippen LogP contribution is -2.42. The van der Waals surface area contributed by atoms with E-state index >= 15 is 0 Å². The van der Waals surface area contributed by atoms with Gasteiger partial charge >= 0.3 is 6.03 Å². The number of hydrogen-bond acceptors (Lipinski definition) is 3. The molecule has 0 spiro atoms. The number of urea groups is 1. The van der Waals surface area contributed by atoms with Gasteiger partial charge in [-0.3, -0.25) is 10.3 Å². The van der Waals surface area contributed by atoms with Crippen molar-refractivity contribution in [2.75, 3.05) is 26.4 Å². The highest BCUT2D eigenvalue weighted by Gasteiger charge is 2.15. The zero-order valence-electron chi connectivity index (χ0n) is 9.45. The van der Waals surface area contributed by atoms with Crippen LogP contribution in [0.1, 0.15) is 25.7 Å². The summed E-state index contributed by atoms with van der Waals surface area (Å²) in [6.07, 6.45) is 6.61. The predicted molar refractivity (Wildman–Crippen MR) is 65.4 cm³/mol. The molecule has 4 nitrogen and oxygen atoms in total. The molecule has 1 aliphatic heterocycles. The molecule has 0 aromatic rings. The largest absolute Gasteiger partial charge is 0.324 e. The van der Waals surface area contributed by atoms with Crippen LogP contribution in [0.4, 0.5) is 4.79 Å². The number of nitrogens with one attached hydrogen (secondary N) is 1.